The monoisotopic (exact) mass is 494 g/mol. The van der Waals surface area contributed by atoms with Gasteiger partial charge in [-0.2, -0.15) is 0 Å². The summed E-state index contributed by atoms with van der Waals surface area (Å²) in [6.45, 7) is 0. The Kier molecular flexibility index (Phi) is 4.84. The van der Waals surface area contributed by atoms with Crippen molar-refractivity contribution in [3.8, 4) is 22.3 Å². The highest BCUT2D eigenvalue weighted by Gasteiger charge is 2.48. The molecule has 1 aliphatic carbocycles. The van der Waals surface area contributed by atoms with Crippen LogP contribution in [0.25, 0.3) is 43.8 Å². The van der Waals surface area contributed by atoms with E-state index in [-0.39, 0.29) is 0 Å². The van der Waals surface area contributed by atoms with Gasteiger partial charge in [-0.05, 0) is 72.1 Å². The summed E-state index contributed by atoms with van der Waals surface area (Å²) in [5.74, 6) is 0. The smallest absolute Gasteiger partial charge is 0.0622 e. The lowest BCUT2D eigenvalue weighted by Gasteiger charge is -2.35. The van der Waals surface area contributed by atoms with E-state index in [1.54, 1.807) is 0 Å². The number of hydrogen-bond donors (Lipinski definition) is 0. The van der Waals surface area contributed by atoms with Crippen LogP contribution in [0.1, 0.15) is 22.3 Å². The minimum atomic E-state index is -0.457. The number of hydrogen-bond acceptors (Lipinski definition) is 0. The van der Waals surface area contributed by atoms with Crippen LogP contribution in [-0.4, -0.2) is 0 Å². The molecular formula is C39H26. The second-order valence-electron chi connectivity index (χ2n) is 10.4. The first kappa shape index (κ1) is 22.1. The van der Waals surface area contributed by atoms with Gasteiger partial charge in [0.15, 0.2) is 0 Å². The molecule has 0 saturated heterocycles. The molecule has 0 atom stereocenters. The molecule has 0 aliphatic heterocycles. The molecule has 8 rings (SSSR count). The molecule has 7 aromatic carbocycles. The highest BCUT2D eigenvalue weighted by Crippen LogP contribution is 2.60. The topological polar surface area (TPSA) is 0 Å². The van der Waals surface area contributed by atoms with E-state index in [4.69, 9.17) is 0 Å². The van der Waals surface area contributed by atoms with E-state index in [1.807, 2.05) is 0 Å². The molecule has 0 unspecified atom stereocenters. The first-order chi connectivity index (χ1) is 19.4. The van der Waals surface area contributed by atoms with E-state index >= 15 is 0 Å². The summed E-state index contributed by atoms with van der Waals surface area (Å²) in [6.07, 6.45) is 0. The fourth-order valence-electron chi connectivity index (χ4n) is 6.97. The van der Waals surface area contributed by atoms with Crippen LogP contribution in [0.5, 0.6) is 0 Å². The molecule has 182 valence electrons. The Balaban J connectivity index is 1.63. The summed E-state index contributed by atoms with van der Waals surface area (Å²) in [5, 5.41) is 5.24. The largest absolute Gasteiger partial charge is 0.0720 e. The number of benzene rings is 7. The fourth-order valence-corrected chi connectivity index (χ4v) is 6.97. The first-order valence-electron chi connectivity index (χ1n) is 13.6. The lowest BCUT2D eigenvalue weighted by atomic mass is 9.66. The summed E-state index contributed by atoms with van der Waals surface area (Å²) in [5.41, 5.74) is 10.0. The summed E-state index contributed by atoms with van der Waals surface area (Å²) < 4.78 is 0. The van der Waals surface area contributed by atoms with Gasteiger partial charge in [-0.25, -0.2) is 0 Å². The van der Waals surface area contributed by atoms with Crippen LogP contribution < -0.4 is 0 Å². The van der Waals surface area contributed by atoms with Crippen molar-refractivity contribution >= 4 is 21.5 Å². The molecule has 0 heterocycles. The zero-order valence-corrected chi connectivity index (χ0v) is 21.5. The lowest BCUT2D eigenvalue weighted by Crippen LogP contribution is -2.29. The van der Waals surface area contributed by atoms with Crippen molar-refractivity contribution in [2.24, 2.45) is 0 Å². The highest BCUT2D eigenvalue weighted by atomic mass is 14.5. The van der Waals surface area contributed by atoms with Gasteiger partial charge >= 0.3 is 0 Å². The van der Waals surface area contributed by atoms with E-state index in [0.717, 1.165) is 0 Å². The van der Waals surface area contributed by atoms with Crippen LogP contribution in [0.2, 0.25) is 0 Å². The van der Waals surface area contributed by atoms with Crippen LogP contribution in [0, 0.1) is 0 Å². The quantitative estimate of drug-likeness (QED) is 0.214. The van der Waals surface area contributed by atoms with Crippen molar-refractivity contribution < 1.29 is 0 Å². The van der Waals surface area contributed by atoms with Crippen LogP contribution in [-0.2, 0) is 5.41 Å². The molecule has 0 aromatic heterocycles. The van der Waals surface area contributed by atoms with Gasteiger partial charge in [0.25, 0.3) is 0 Å². The Bertz CT molecular complexity index is 1940. The zero-order valence-electron chi connectivity index (χ0n) is 21.5. The lowest BCUT2D eigenvalue weighted by molar-refractivity contribution is 0.776. The van der Waals surface area contributed by atoms with Crippen molar-refractivity contribution in [2.75, 3.05) is 0 Å². The van der Waals surface area contributed by atoms with Gasteiger partial charge in [0, 0.05) is 0 Å². The third-order valence-electron chi connectivity index (χ3n) is 8.52. The maximum Gasteiger partial charge on any atom is 0.0720 e. The van der Waals surface area contributed by atoms with E-state index in [1.165, 1.54) is 66.1 Å². The molecule has 1 aliphatic rings. The fraction of sp³-hybridized carbons (Fsp3) is 0.0256. The van der Waals surface area contributed by atoms with Gasteiger partial charge in [0.05, 0.1) is 5.41 Å². The highest BCUT2D eigenvalue weighted by molar-refractivity contribution is 6.19. The van der Waals surface area contributed by atoms with Gasteiger partial charge in [-0.1, -0.05) is 152 Å². The van der Waals surface area contributed by atoms with Crippen LogP contribution >= 0.6 is 0 Å². The molecule has 0 spiro atoms. The molecule has 0 amide bonds. The molecule has 0 saturated carbocycles. The Hall–Kier alpha value is -4.94. The average molecular weight is 495 g/mol. The molecular weight excluding hydrogens is 468 g/mol. The first-order valence-corrected chi connectivity index (χ1v) is 13.6. The van der Waals surface area contributed by atoms with E-state index < -0.39 is 5.41 Å². The molecule has 0 bridgehead atoms. The van der Waals surface area contributed by atoms with Crippen molar-refractivity contribution in [1.29, 1.82) is 0 Å². The summed E-state index contributed by atoms with van der Waals surface area (Å²) in [6, 6.07) is 58.0. The van der Waals surface area contributed by atoms with Crippen molar-refractivity contribution in [1.82, 2.24) is 0 Å². The molecule has 0 radical (unpaired) electrons. The predicted octanol–water partition coefficient (Wildman–Crippen LogP) is 10.0. The molecule has 39 heavy (non-hydrogen) atoms. The standard InChI is InChI=1S/C39H26/c1-4-14-27(15-5-1)28-24-25-35-36(26-28)39(29-16-6-2-7-17-29,30-18-8-3-9-19-30)38-34-23-13-11-21-32(34)31-20-10-12-22-33(31)37(35)38/h1-26H. The van der Waals surface area contributed by atoms with Gasteiger partial charge < -0.3 is 0 Å². The van der Waals surface area contributed by atoms with E-state index in [9.17, 15) is 0 Å². The summed E-state index contributed by atoms with van der Waals surface area (Å²) >= 11 is 0. The van der Waals surface area contributed by atoms with Crippen LogP contribution in [0.4, 0.5) is 0 Å². The average Bonchev–Trinajstić information content (AvgIpc) is 3.34. The zero-order chi connectivity index (χ0) is 25.8. The SMILES string of the molecule is c1ccc(-c2ccc3c(c2)C(c2ccccc2)(c2ccccc2)c2c-3c3ccccc3c3ccccc23)cc1. The van der Waals surface area contributed by atoms with E-state index in [2.05, 4.69) is 158 Å². The van der Waals surface area contributed by atoms with Gasteiger partial charge in [-0.3, -0.25) is 0 Å². The molecule has 7 aromatic rings. The third kappa shape index (κ3) is 3.06. The minimum absolute atomic E-state index is 0.457. The second kappa shape index (κ2) is 8.55. The van der Waals surface area contributed by atoms with Crippen molar-refractivity contribution in [3.05, 3.63) is 180 Å². The molecule has 0 nitrogen and oxygen atoms in total. The number of fused-ring (bicyclic) bond motifs is 8. The maximum absolute atomic E-state index is 2.45. The van der Waals surface area contributed by atoms with Crippen molar-refractivity contribution in [3.63, 3.8) is 0 Å². The molecule has 0 N–H and O–H groups in total. The van der Waals surface area contributed by atoms with Gasteiger partial charge in [0.1, 0.15) is 0 Å². The Morgan fingerprint density at radius 2 is 0.846 bits per heavy atom. The summed E-state index contributed by atoms with van der Waals surface area (Å²) in [7, 11) is 0. The van der Waals surface area contributed by atoms with Crippen LogP contribution in [0.3, 0.4) is 0 Å². The predicted molar refractivity (Wildman–Crippen MR) is 164 cm³/mol. The van der Waals surface area contributed by atoms with Crippen molar-refractivity contribution in [2.45, 2.75) is 5.41 Å². The molecule has 0 heteroatoms. The van der Waals surface area contributed by atoms with E-state index in [0.29, 0.717) is 0 Å². The summed E-state index contributed by atoms with van der Waals surface area (Å²) in [4.78, 5) is 0. The van der Waals surface area contributed by atoms with Crippen LogP contribution in [0.15, 0.2) is 158 Å². The Morgan fingerprint density at radius 1 is 0.359 bits per heavy atom. The number of rotatable bonds is 3. The third-order valence-corrected chi connectivity index (χ3v) is 8.52. The molecule has 0 fully saturated rings. The maximum atomic E-state index is 2.45. The Morgan fingerprint density at radius 3 is 1.46 bits per heavy atom. The van der Waals surface area contributed by atoms with Gasteiger partial charge in [0.2, 0.25) is 0 Å². The minimum Gasteiger partial charge on any atom is -0.0622 e. The Labute approximate surface area is 228 Å². The normalized spacial score (nSPS) is 13.3. The second-order valence-corrected chi connectivity index (χ2v) is 10.4. The van der Waals surface area contributed by atoms with Gasteiger partial charge in [-0.15, -0.1) is 0 Å².